The molecule has 3 rings (SSSR count). The lowest BCUT2D eigenvalue weighted by molar-refractivity contribution is -0.0574. The Morgan fingerprint density at radius 3 is 3.16 bits per heavy atom. The Morgan fingerprint density at radius 2 is 2.37 bits per heavy atom. The van der Waals surface area contributed by atoms with Crippen molar-refractivity contribution in [1.82, 2.24) is 15.8 Å². The van der Waals surface area contributed by atoms with E-state index in [-0.39, 0.29) is 36.2 Å². The summed E-state index contributed by atoms with van der Waals surface area (Å²) in [4.78, 5) is 11.9. The molecule has 0 unspecified atom stereocenters. The van der Waals surface area contributed by atoms with Crippen LogP contribution in [0.15, 0.2) is 16.8 Å². The highest BCUT2D eigenvalue weighted by atomic mass is 35.5. The lowest BCUT2D eigenvalue weighted by Crippen LogP contribution is -2.59. The number of nitrogens with one attached hydrogen (secondary N) is 2. The van der Waals surface area contributed by atoms with Gasteiger partial charge in [-0.2, -0.15) is 0 Å². The third kappa shape index (κ3) is 3.08. The summed E-state index contributed by atoms with van der Waals surface area (Å²) in [5.74, 6) is 0.509. The van der Waals surface area contributed by atoms with Crippen LogP contribution in [0.5, 0.6) is 0 Å². The third-order valence-electron chi connectivity index (χ3n) is 3.64. The van der Waals surface area contributed by atoms with Crippen LogP contribution in [0.2, 0.25) is 0 Å². The van der Waals surface area contributed by atoms with Gasteiger partial charge in [0.05, 0.1) is 18.3 Å². The van der Waals surface area contributed by atoms with E-state index in [1.807, 2.05) is 0 Å². The SMILES string of the molecule is Cl.O=C(N[C@@H]1CNC[C@@H]2CCCO[C@@H]21)c1ccno1. The molecule has 0 aromatic carbocycles. The van der Waals surface area contributed by atoms with Crippen molar-refractivity contribution >= 4 is 18.3 Å². The maximum Gasteiger partial charge on any atom is 0.290 e. The molecule has 2 fully saturated rings. The molecule has 6 nitrogen and oxygen atoms in total. The van der Waals surface area contributed by atoms with Gasteiger partial charge in [0.2, 0.25) is 5.76 Å². The average molecular weight is 288 g/mol. The van der Waals surface area contributed by atoms with Gasteiger partial charge in [-0.3, -0.25) is 4.79 Å². The smallest absolute Gasteiger partial charge is 0.290 e. The van der Waals surface area contributed by atoms with E-state index >= 15 is 0 Å². The molecule has 0 bridgehead atoms. The lowest BCUT2D eigenvalue weighted by Gasteiger charge is -2.41. The summed E-state index contributed by atoms with van der Waals surface area (Å²) < 4.78 is 10.7. The predicted octanol–water partition coefficient (Wildman–Crippen LogP) is 0.593. The van der Waals surface area contributed by atoms with Crippen molar-refractivity contribution in [3.05, 3.63) is 18.0 Å². The molecule has 3 heterocycles. The summed E-state index contributed by atoms with van der Waals surface area (Å²) in [6, 6.07) is 1.56. The first-order chi connectivity index (χ1) is 8.84. The van der Waals surface area contributed by atoms with Gasteiger partial charge in [-0.15, -0.1) is 12.4 Å². The van der Waals surface area contributed by atoms with Gasteiger partial charge in [0, 0.05) is 25.8 Å². The molecule has 106 valence electrons. The highest BCUT2D eigenvalue weighted by molar-refractivity contribution is 5.91. The normalized spacial score (nSPS) is 30.0. The molecular formula is C12H18ClN3O3. The molecule has 2 saturated heterocycles. The molecule has 1 aromatic rings. The second kappa shape index (κ2) is 6.36. The minimum absolute atomic E-state index is 0. The second-order valence-corrected chi connectivity index (χ2v) is 4.85. The van der Waals surface area contributed by atoms with Gasteiger partial charge in [0.25, 0.3) is 5.91 Å². The number of hydrogen-bond donors (Lipinski definition) is 2. The Bertz CT molecular complexity index is 410. The van der Waals surface area contributed by atoms with Crippen molar-refractivity contribution in [3.63, 3.8) is 0 Å². The molecule has 2 N–H and O–H groups in total. The number of piperidine rings is 1. The number of amides is 1. The molecule has 2 aliphatic rings. The Balaban J connectivity index is 0.00000133. The molecule has 1 amide bonds. The van der Waals surface area contributed by atoms with E-state index in [0.717, 1.165) is 32.5 Å². The van der Waals surface area contributed by atoms with E-state index in [2.05, 4.69) is 15.8 Å². The lowest BCUT2D eigenvalue weighted by atomic mass is 9.86. The van der Waals surface area contributed by atoms with E-state index in [1.54, 1.807) is 6.07 Å². The van der Waals surface area contributed by atoms with E-state index < -0.39 is 0 Å². The number of ether oxygens (including phenoxy) is 1. The number of fused-ring (bicyclic) bond motifs is 1. The zero-order chi connectivity index (χ0) is 12.4. The van der Waals surface area contributed by atoms with Gasteiger partial charge in [0.1, 0.15) is 0 Å². The van der Waals surface area contributed by atoms with Crippen LogP contribution in [0.1, 0.15) is 23.4 Å². The average Bonchev–Trinajstić information content (AvgIpc) is 2.93. The summed E-state index contributed by atoms with van der Waals surface area (Å²) in [5.41, 5.74) is 0. The van der Waals surface area contributed by atoms with E-state index in [0.29, 0.717) is 5.92 Å². The van der Waals surface area contributed by atoms with Crippen LogP contribution in [0.3, 0.4) is 0 Å². The number of carbonyl (C=O) groups is 1. The third-order valence-corrected chi connectivity index (χ3v) is 3.64. The first-order valence-corrected chi connectivity index (χ1v) is 6.38. The number of halogens is 1. The van der Waals surface area contributed by atoms with Crippen LogP contribution in [-0.2, 0) is 4.74 Å². The molecule has 0 aliphatic carbocycles. The van der Waals surface area contributed by atoms with Crippen molar-refractivity contribution in [2.24, 2.45) is 5.92 Å². The molecule has 2 aliphatic heterocycles. The topological polar surface area (TPSA) is 76.4 Å². The van der Waals surface area contributed by atoms with Gasteiger partial charge in [-0.1, -0.05) is 5.16 Å². The number of carbonyl (C=O) groups excluding carboxylic acids is 1. The van der Waals surface area contributed by atoms with Crippen LogP contribution in [-0.4, -0.2) is 42.9 Å². The summed E-state index contributed by atoms with van der Waals surface area (Å²) >= 11 is 0. The number of aromatic nitrogens is 1. The molecular weight excluding hydrogens is 270 g/mol. The minimum atomic E-state index is -0.228. The predicted molar refractivity (Wildman–Crippen MR) is 70.3 cm³/mol. The number of nitrogens with zero attached hydrogens (tertiary/aromatic N) is 1. The molecule has 0 radical (unpaired) electrons. The van der Waals surface area contributed by atoms with Crippen molar-refractivity contribution < 1.29 is 14.1 Å². The molecule has 0 spiro atoms. The van der Waals surface area contributed by atoms with Gasteiger partial charge in [0.15, 0.2) is 0 Å². The van der Waals surface area contributed by atoms with Gasteiger partial charge in [-0.05, 0) is 18.8 Å². The van der Waals surface area contributed by atoms with Crippen molar-refractivity contribution in [2.45, 2.75) is 25.0 Å². The zero-order valence-electron chi connectivity index (χ0n) is 10.5. The summed E-state index contributed by atoms with van der Waals surface area (Å²) in [5, 5.41) is 9.84. The maximum absolute atomic E-state index is 11.9. The molecule has 19 heavy (non-hydrogen) atoms. The standard InChI is InChI=1S/C12H17N3O3.ClH/c16-12(10-3-4-14-18-10)15-9-7-13-6-8-2-1-5-17-11(8)9;/h3-4,8-9,11,13H,1-2,5-7H2,(H,15,16);1H/t8-,9+,11-;/m0./s1. The fourth-order valence-electron chi connectivity index (χ4n) is 2.77. The van der Waals surface area contributed by atoms with Gasteiger partial charge < -0.3 is 19.9 Å². The monoisotopic (exact) mass is 287 g/mol. The fraction of sp³-hybridized carbons (Fsp3) is 0.667. The van der Waals surface area contributed by atoms with Crippen LogP contribution in [0.4, 0.5) is 0 Å². The molecule has 3 atom stereocenters. The first kappa shape index (κ1) is 14.3. The fourth-order valence-corrected chi connectivity index (χ4v) is 2.77. The second-order valence-electron chi connectivity index (χ2n) is 4.85. The van der Waals surface area contributed by atoms with Gasteiger partial charge in [-0.25, -0.2) is 0 Å². The van der Waals surface area contributed by atoms with Crippen LogP contribution in [0, 0.1) is 5.92 Å². The van der Waals surface area contributed by atoms with E-state index in [4.69, 9.17) is 9.26 Å². The Labute approximate surface area is 117 Å². The van der Waals surface area contributed by atoms with E-state index in [1.165, 1.54) is 6.20 Å². The Kier molecular flexibility index (Phi) is 4.79. The quantitative estimate of drug-likeness (QED) is 0.833. The van der Waals surface area contributed by atoms with Crippen LogP contribution >= 0.6 is 12.4 Å². The molecule has 1 aromatic heterocycles. The van der Waals surface area contributed by atoms with Crippen LogP contribution < -0.4 is 10.6 Å². The molecule has 0 saturated carbocycles. The van der Waals surface area contributed by atoms with Gasteiger partial charge >= 0.3 is 0 Å². The minimum Gasteiger partial charge on any atom is -0.376 e. The zero-order valence-corrected chi connectivity index (χ0v) is 11.3. The Morgan fingerprint density at radius 1 is 1.47 bits per heavy atom. The number of rotatable bonds is 2. The Hall–Kier alpha value is -1.11. The summed E-state index contributed by atoms with van der Waals surface area (Å²) in [7, 11) is 0. The maximum atomic E-state index is 11.9. The van der Waals surface area contributed by atoms with Crippen LogP contribution in [0.25, 0.3) is 0 Å². The summed E-state index contributed by atoms with van der Waals surface area (Å²) in [6.45, 7) is 2.50. The van der Waals surface area contributed by atoms with Crippen molar-refractivity contribution in [3.8, 4) is 0 Å². The number of hydrogen-bond acceptors (Lipinski definition) is 5. The largest absolute Gasteiger partial charge is 0.376 e. The molecule has 7 heteroatoms. The van der Waals surface area contributed by atoms with E-state index in [9.17, 15) is 4.79 Å². The summed E-state index contributed by atoms with van der Waals surface area (Å²) in [6.07, 6.45) is 3.85. The highest BCUT2D eigenvalue weighted by Gasteiger charge is 2.37. The van der Waals surface area contributed by atoms with Crippen molar-refractivity contribution in [2.75, 3.05) is 19.7 Å². The van der Waals surface area contributed by atoms with Crippen molar-refractivity contribution in [1.29, 1.82) is 0 Å². The highest BCUT2D eigenvalue weighted by Crippen LogP contribution is 2.25. The first-order valence-electron chi connectivity index (χ1n) is 6.38.